The molecule has 102 valence electrons. The molecule has 0 aromatic carbocycles. The van der Waals surface area contributed by atoms with Gasteiger partial charge >= 0.3 is 0 Å². The molecule has 3 aliphatic rings. The molecule has 6 nitrogen and oxygen atoms in total. The zero-order chi connectivity index (χ0) is 14.0. The first kappa shape index (κ1) is 11.9. The van der Waals surface area contributed by atoms with Crippen molar-refractivity contribution in [2.75, 3.05) is 0 Å². The number of aromatic amines is 1. The van der Waals surface area contributed by atoms with E-state index in [1.807, 2.05) is 11.5 Å². The topological polar surface area (TPSA) is 96.8 Å². The van der Waals surface area contributed by atoms with Crippen LogP contribution in [0, 0.1) is 0 Å². The fraction of sp³-hybridized carbons (Fsp3) is 0.0833. The second-order valence-corrected chi connectivity index (χ2v) is 6.39. The molecule has 1 aromatic heterocycles. The first-order chi connectivity index (χ1) is 9.58. The molecule has 4 heterocycles. The molecule has 4 N–H and O–H groups in total. The fourth-order valence-electron chi connectivity index (χ4n) is 2.45. The van der Waals surface area contributed by atoms with Crippen molar-refractivity contribution < 1.29 is 15.3 Å². The minimum Gasteiger partial charge on any atom is -0.503 e. The van der Waals surface area contributed by atoms with Crippen LogP contribution >= 0.6 is 23.5 Å². The molecule has 0 saturated carbocycles. The minimum atomic E-state index is -0.557. The Labute approximate surface area is 120 Å². The third kappa shape index (κ3) is 1.35. The molecule has 3 aliphatic heterocycles. The molecule has 1 unspecified atom stereocenters. The molecule has 0 spiro atoms. The summed E-state index contributed by atoms with van der Waals surface area (Å²) in [7, 11) is 0. The number of hydrogen-bond donors (Lipinski definition) is 4. The van der Waals surface area contributed by atoms with Gasteiger partial charge in [-0.15, -0.1) is 11.8 Å². The van der Waals surface area contributed by atoms with Crippen LogP contribution in [-0.4, -0.2) is 30.6 Å². The van der Waals surface area contributed by atoms with Gasteiger partial charge in [0.25, 0.3) is 5.56 Å². The summed E-state index contributed by atoms with van der Waals surface area (Å²) in [5.74, 6) is -0.601. The molecule has 0 radical (unpaired) electrons. The molecule has 0 saturated heterocycles. The number of H-pyrrole nitrogens is 1. The van der Waals surface area contributed by atoms with Gasteiger partial charge < -0.3 is 20.3 Å². The average molecular weight is 308 g/mol. The van der Waals surface area contributed by atoms with Gasteiger partial charge in [0.15, 0.2) is 5.75 Å². The van der Waals surface area contributed by atoms with Gasteiger partial charge in [-0.1, -0.05) is 0 Å². The third-order valence-corrected chi connectivity index (χ3v) is 5.33. The molecule has 8 heteroatoms. The van der Waals surface area contributed by atoms with E-state index >= 15 is 0 Å². The highest BCUT2D eigenvalue weighted by atomic mass is 32.2. The van der Waals surface area contributed by atoms with Crippen LogP contribution in [0.15, 0.2) is 33.3 Å². The van der Waals surface area contributed by atoms with Crippen molar-refractivity contribution in [3.63, 3.8) is 0 Å². The van der Waals surface area contributed by atoms with Gasteiger partial charge in [-0.05, 0) is 29.3 Å². The van der Waals surface area contributed by atoms with Crippen LogP contribution in [0.4, 0.5) is 0 Å². The van der Waals surface area contributed by atoms with Crippen molar-refractivity contribution in [1.82, 2.24) is 9.88 Å². The summed E-state index contributed by atoms with van der Waals surface area (Å²) in [5, 5.41) is 32.6. The number of rotatable bonds is 0. The van der Waals surface area contributed by atoms with Crippen molar-refractivity contribution in [2.45, 2.75) is 5.37 Å². The normalized spacial score (nSPS) is 23.2. The zero-order valence-corrected chi connectivity index (χ0v) is 11.5. The van der Waals surface area contributed by atoms with E-state index in [0.29, 0.717) is 15.6 Å². The van der Waals surface area contributed by atoms with Gasteiger partial charge in [0, 0.05) is 10.8 Å². The standard InChI is InChI=1S/C12H8N2O4S2/c15-6-3-5-7(13-8(6)16)4-1-2-19-10(4)14-9(17)12(18)20-11(5)14/h1-3,10,15,17-18H,(H,13,16). The Morgan fingerprint density at radius 2 is 2.10 bits per heavy atom. The Morgan fingerprint density at radius 3 is 2.90 bits per heavy atom. The van der Waals surface area contributed by atoms with Crippen molar-refractivity contribution in [1.29, 1.82) is 0 Å². The number of fused-ring (bicyclic) bond motifs is 4. The molecule has 20 heavy (non-hydrogen) atoms. The summed E-state index contributed by atoms with van der Waals surface area (Å²) < 4.78 is 0. The van der Waals surface area contributed by atoms with E-state index in [-0.39, 0.29) is 16.3 Å². The van der Waals surface area contributed by atoms with Crippen molar-refractivity contribution in [3.8, 4) is 5.75 Å². The van der Waals surface area contributed by atoms with Gasteiger partial charge in [-0.2, -0.15) is 0 Å². The molecular weight excluding hydrogens is 300 g/mol. The zero-order valence-electron chi connectivity index (χ0n) is 9.82. The molecule has 0 fully saturated rings. The highest BCUT2D eigenvalue weighted by Gasteiger charge is 2.40. The van der Waals surface area contributed by atoms with Crippen LogP contribution in [0.2, 0.25) is 0 Å². The second-order valence-electron chi connectivity index (χ2n) is 4.42. The molecule has 0 amide bonds. The van der Waals surface area contributed by atoms with Gasteiger partial charge in [-0.25, -0.2) is 0 Å². The number of aromatic hydroxyl groups is 1. The molecule has 4 rings (SSSR count). The fourth-order valence-corrected chi connectivity index (χ4v) is 4.50. The Hall–Kier alpha value is -1.93. The number of hydrogen-bond acceptors (Lipinski definition) is 7. The average Bonchev–Trinajstić information content (AvgIpc) is 2.98. The summed E-state index contributed by atoms with van der Waals surface area (Å²) in [6.07, 6.45) is 1.85. The Balaban J connectivity index is 2.18. The third-order valence-electron chi connectivity index (χ3n) is 3.33. The van der Waals surface area contributed by atoms with Crippen LogP contribution in [-0.2, 0) is 0 Å². The van der Waals surface area contributed by atoms with E-state index in [4.69, 9.17) is 0 Å². The highest BCUT2D eigenvalue weighted by Crippen LogP contribution is 2.47. The largest absolute Gasteiger partial charge is 0.503 e. The predicted octanol–water partition coefficient (Wildman–Crippen LogP) is 0.189. The number of aliphatic hydroxyl groups excluding tert-OH is 2. The van der Waals surface area contributed by atoms with Gasteiger partial charge in [0.1, 0.15) is 5.37 Å². The van der Waals surface area contributed by atoms with E-state index in [0.717, 1.165) is 17.3 Å². The Morgan fingerprint density at radius 1 is 1.30 bits per heavy atom. The lowest BCUT2D eigenvalue weighted by atomic mass is 10.1. The van der Waals surface area contributed by atoms with E-state index in [2.05, 4.69) is 4.98 Å². The smallest absolute Gasteiger partial charge is 0.290 e. The monoisotopic (exact) mass is 308 g/mol. The first-order valence-electron chi connectivity index (χ1n) is 5.70. The number of pyridine rings is 1. The van der Waals surface area contributed by atoms with Crippen molar-refractivity contribution in [3.05, 3.63) is 49.4 Å². The number of aromatic nitrogens is 1. The van der Waals surface area contributed by atoms with Crippen LogP contribution in [0.5, 0.6) is 5.75 Å². The van der Waals surface area contributed by atoms with Crippen molar-refractivity contribution >= 4 is 34.1 Å². The number of thioether (sulfide) groups is 2. The Kier molecular flexibility index (Phi) is 2.25. The second kappa shape index (κ2) is 3.80. The maximum absolute atomic E-state index is 11.6. The molecule has 0 bridgehead atoms. The lowest BCUT2D eigenvalue weighted by Gasteiger charge is -2.29. The Bertz CT molecular complexity index is 884. The lowest BCUT2D eigenvalue weighted by Crippen LogP contribution is -2.47. The summed E-state index contributed by atoms with van der Waals surface area (Å²) >= 11 is 2.47. The quantitative estimate of drug-likeness (QED) is 0.543. The van der Waals surface area contributed by atoms with Crippen LogP contribution < -0.4 is 16.1 Å². The van der Waals surface area contributed by atoms with Crippen molar-refractivity contribution in [2.24, 2.45) is 0 Å². The number of nitrogens with zero attached hydrogens (tertiary/aromatic N) is 1. The van der Waals surface area contributed by atoms with Crippen LogP contribution in [0.3, 0.4) is 0 Å². The summed E-state index contributed by atoms with van der Waals surface area (Å²) in [6, 6.07) is 1.36. The first-order valence-corrected chi connectivity index (χ1v) is 7.46. The predicted molar refractivity (Wildman–Crippen MR) is 77.0 cm³/mol. The van der Waals surface area contributed by atoms with Gasteiger partial charge in [-0.3, -0.25) is 9.69 Å². The van der Waals surface area contributed by atoms with Crippen LogP contribution in [0.25, 0.3) is 10.6 Å². The molecular formula is C12H8N2O4S2. The van der Waals surface area contributed by atoms with Gasteiger partial charge in [0.2, 0.25) is 11.0 Å². The van der Waals surface area contributed by atoms with E-state index in [9.17, 15) is 20.1 Å². The summed E-state index contributed by atoms with van der Waals surface area (Å²) in [4.78, 5) is 15.9. The number of aliphatic hydroxyl groups is 2. The molecule has 1 aromatic rings. The minimum absolute atomic E-state index is 0.189. The van der Waals surface area contributed by atoms with E-state index < -0.39 is 11.3 Å². The molecule has 1 atom stereocenters. The van der Waals surface area contributed by atoms with E-state index in [1.54, 1.807) is 4.90 Å². The van der Waals surface area contributed by atoms with Crippen LogP contribution in [0.1, 0.15) is 0 Å². The van der Waals surface area contributed by atoms with E-state index in [1.165, 1.54) is 17.8 Å². The van der Waals surface area contributed by atoms with Gasteiger partial charge in [0.05, 0.1) is 10.4 Å². The highest BCUT2D eigenvalue weighted by molar-refractivity contribution is 8.11. The maximum Gasteiger partial charge on any atom is 0.290 e. The molecule has 0 aliphatic carbocycles. The SMILES string of the molecule is O=c1[nH]c2c(cc1O)=C1SC(O)=C(O)N1C1SC=CC=21. The lowest BCUT2D eigenvalue weighted by molar-refractivity contribution is 0.250. The maximum atomic E-state index is 11.6. The number of nitrogens with one attached hydrogen (secondary N) is 1. The summed E-state index contributed by atoms with van der Waals surface area (Å²) in [5.41, 5.74) is 0.270. The summed E-state index contributed by atoms with van der Waals surface area (Å²) in [6.45, 7) is 0.